The van der Waals surface area contributed by atoms with Crippen LogP contribution in [0, 0.1) is 11.8 Å². The van der Waals surface area contributed by atoms with E-state index < -0.39 is 6.10 Å². The van der Waals surface area contributed by atoms with Crippen LogP contribution in [0.1, 0.15) is 40.0 Å². The summed E-state index contributed by atoms with van der Waals surface area (Å²) in [6, 6.07) is 0. The van der Waals surface area contributed by atoms with Crippen LogP contribution in [0.15, 0.2) is 23.3 Å². The largest absolute Gasteiger partial charge is 0.461 e. The van der Waals surface area contributed by atoms with Crippen LogP contribution >= 0.6 is 0 Å². The molecule has 0 bridgehead atoms. The van der Waals surface area contributed by atoms with Crippen LogP contribution in [0.3, 0.4) is 0 Å². The molecule has 2 aliphatic rings. The fourth-order valence-electron chi connectivity index (χ4n) is 3.13. The van der Waals surface area contributed by atoms with Crippen LogP contribution < -0.4 is 0 Å². The summed E-state index contributed by atoms with van der Waals surface area (Å²) >= 11 is 0. The Morgan fingerprint density at radius 1 is 1.50 bits per heavy atom. The Morgan fingerprint density at radius 3 is 2.91 bits per heavy atom. The number of hydrogen-bond donors (Lipinski definition) is 1. The molecule has 1 fully saturated rings. The fourth-order valence-corrected chi connectivity index (χ4v) is 3.13. The van der Waals surface area contributed by atoms with Crippen LogP contribution in [0.25, 0.3) is 0 Å². The van der Waals surface area contributed by atoms with Crippen molar-refractivity contribution in [3.8, 4) is 0 Å². The van der Waals surface area contributed by atoms with E-state index in [0.29, 0.717) is 6.42 Å². The minimum atomic E-state index is -0.699. The molecule has 1 heterocycles. The summed E-state index contributed by atoms with van der Waals surface area (Å²) in [6.07, 6.45) is 4.97. The molecule has 0 saturated carbocycles. The molecule has 122 valence electrons. The third kappa shape index (κ3) is 3.97. The number of allylic oxidation sites excluding steroid dienone is 2. The first kappa shape index (κ1) is 16.7. The van der Waals surface area contributed by atoms with E-state index in [1.165, 1.54) is 6.92 Å². The molecule has 0 radical (unpaired) electrons. The maximum atomic E-state index is 11.8. The van der Waals surface area contributed by atoms with Gasteiger partial charge in [0.2, 0.25) is 0 Å². The van der Waals surface area contributed by atoms with Crippen molar-refractivity contribution in [2.45, 2.75) is 52.2 Å². The van der Waals surface area contributed by atoms with Gasteiger partial charge in [0.15, 0.2) is 0 Å². The smallest absolute Gasteiger partial charge is 0.309 e. The highest BCUT2D eigenvalue weighted by molar-refractivity contribution is 5.75. The van der Waals surface area contributed by atoms with E-state index in [1.807, 2.05) is 19.1 Å². The topological polar surface area (TPSA) is 72.8 Å². The Hall–Kier alpha value is -1.62. The van der Waals surface area contributed by atoms with Crippen molar-refractivity contribution < 1.29 is 24.2 Å². The molecule has 5 nitrogen and oxygen atoms in total. The van der Waals surface area contributed by atoms with E-state index in [0.717, 1.165) is 24.0 Å². The van der Waals surface area contributed by atoms with Crippen molar-refractivity contribution >= 4 is 11.9 Å². The van der Waals surface area contributed by atoms with E-state index >= 15 is 0 Å². The van der Waals surface area contributed by atoms with E-state index in [2.05, 4.69) is 0 Å². The molecule has 0 aromatic rings. The summed E-state index contributed by atoms with van der Waals surface area (Å²) in [6.45, 7) is 5.35. The number of ether oxygens (including phenoxy) is 2. The summed E-state index contributed by atoms with van der Waals surface area (Å²) in [7, 11) is 0. The molecule has 1 saturated heterocycles. The zero-order valence-corrected chi connectivity index (χ0v) is 13.4. The van der Waals surface area contributed by atoms with Gasteiger partial charge in [0.05, 0.1) is 12.0 Å². The predicted molar refractivity (Wildman–Crippen MR) is 80.9 cm³/mol. The number of hydrogen-bond acceptors (Lipinski definition) is 5. The summed E-state index contributed by atoms with van der Waals surface area (Å²) in [4.78, 5) is 22.8. The highest BCUT2D eigenvalue weighted by Gasteiger charge is 2.44. The van der Waals surface area contributed by atoms with Crippen molar-refractivity contribution in [2.75, 3.05) is 6.61 Å². The van der Waals surface area contributed by atoms with Crippen molar-refractivity contribution in [3.05, 3.63) is 23.3 Å². The number of rotatable bonds is 2. The van der Waals surface area contributed by atoms with Crippen LogP contribution in [-0.2, 0) is 19.1 Å². The second kappa shape index (κ2) is 7.09. The molecule has 5 heteroatoms. The molecule has 4 atom stereocenters. The monoisotopic (exact) mass is 308 g/mol. The van der Waals surface area contributed by atoms with Crippen molar-refractivity contribution in [1.29, 1.82) is 0 Å². The molecule has 1 aliphatic heterocycles. The fraction of sp³-hybridized carbons (Fsp3) is 0.647. The first-order valence-corrected chi connectivity index (χ1v) is 7.75. The van der Waals surface area contributed by atoms with Gasteiger partial charge in [-0.15, -0.1) is 0 Å². The van der Waals surface area contributed by atoms with E-state index in [4.69, 9.17) is 9.47 Å². The van der Waals surface area contributed by atoms with Gasteiger partial charge in [-0.25, -0.2) is 0 Å². The normalized spacial score (nSPS) is 37.2. The van der Waals surface area contributed by atoms with E-state index in [9.17, 15) is 14.7 Å². The minimum Gasteiger partial charge on any atom is -0.461 e. The molecule has 1 N–H and O–H groups in total. The van der Waals surface area contributed by atoms with Crippen LogP contribution in [0.4, 0.5) is 0 Å². The standard InChI is InChI=1S/C17H24O5/c1-10-5-4-6-13(9-21-12(3)18)8-14(19)16-11(2)17(20)22-15(16)7-10/h6-7,11,14-16,19H,4-5,8-9H2,1-3H3/b10-7+,13-6-/t11-,14+,15?,16?/m0/s1. The van der Waals surface area contributed by atoms with Gasteiger partial charge in [0.1, 0.15) is 12.7 Å². The van der Waals surface area contributed by atoms with Crippen LogP contribution in [-0.4, -0.2) is 35.9 Å². The van der Waals surface area contributed by atoms with Crippen LogP contribution in [0.2, 0.25) is 0 Å². The average Bonchev–Trinajstić information content (AvgIpc) is 2.70. The number of fused-ring (bicyclic) bond motifs is 1. The number of carbonyl (C=O) groups excluding carboxylic acids is 2. The lowest BCUT2D eigenvalue weighted by molar-refractivity contribution is -0.142. The summed E-state index contributed by atoms with van der Waals surface area (Å²) in [5, 5.41) is 10.6. The lowest BCUT2D eigenvalue weighted by atomic mass is 9.82. The van der Waals surface area contributed by atoms with Crippen molar-refractivity contribution in [2.24, 2.45) is 11.8 Å². The second-order valence-corrected chi connectivity index (χ2v) is 6.23. The van der Waals surface area contributed by atoms with Gasteiger partial charge in [-0.1, -0.05) is 18.6 Å². The summed E-state index contributed by atoms with van der Waals surface area (Å²) < 4.78 is 10.5. The number of carbonyl (C=O) groups is 2. The Labute approximate surface area is 131 Å². The molecule has 22 heavy (non-hydrogen) atoms. The van der Waals surface area contributed by atoms with Gasteiger partial charge < -0.3 is 14.6 Å². The highest BCUT2D eigenvalue weighted by Crippen LogP contribution is 2.35. The third-order valence-electron chi connectivity index (χ3n) is 4.38. The quantitative estimate of drug-likeness (QED) is 0.625. The minimum absolute atomic E-state index is 0.190. The molecule has 0 aromatic carbocycles. The second-order valence-electron chi connectivity index (χ2n) is 6.23. The van der Waals surface area contributed by atoms with Gasteiger partial charge in [-0.05, 0) is 37.8 Å². The van der Waals surface area contributed by atoms with Gasteiger partial charge in [0.25, 0.3) is 0 Å². The first-order chi connectivity index (χ1) is 10.4. The van der Waals surface area contributed by atoms with Gasteiger partial charge in [-0.3, -0.25) is 9.59 Å². The number of esters is 2. The highest BCUT2D eigenvalue weighted by atomic mass is 16.6. The molecule has 2 rings (SSSR count). The SMILES string of the molecule is CC(=O)OC/C1=C\CC/C(C)=C/C2OC(=O)[C@@H](C)C2[C@H](O)C1. The summed E-state index contributed by atoms with van der Waals surface area (Å²) in [5.41, 5.74) is 2.02. The number of aliphatic hydroxyl groups excluding tert-OH is 1. The molecule has 2 unspecified atom stereocenters. The third-order valence-corrected chi connectivity index (χ3v) is 4.38. The molecule has 0 amide bonds. The zero-order chi connectivity index (χ0) is 16.3. The summed E-state index contributed by atoms with van der Waals surface area (Å²) in [5.74, 6) is -1.20. The first-order valence-electron chi connectivity index (χ1n) is 7.75. The zero-order valence-electron chi connectivity index (χ0n) is 13.4. The number of aliphatic hydroxyl groups is 1. The van der Waals surface area contributed by atoms with Crippen molar-refractivity contribution in [1.82, 2.24) is 0 Å². The van der Waals surface area contributed by atoms with Gasteiger partial charge in [0, 0.05) is 12.8 Å². The lowest BCUT2D eigenvalue weighted by Gasteiger charge is -2.25. The molecular weight excluding hydrogens is 284 g/mol. The Morgan fingerprint density at radius 2 is 2.23 bits per heavy atom. The van der Waals surface area contributed by atoms with Gasteiger partial charge >= 0.3 is 11.9 Å². The average molecular weight is 308 g/mol. The lowest BCUT2D eigenvalue weighted by Crippen LogP contribution is -2.32. The molecule has 0 spiro atoms. The van der Waals surface area contributed by atoms with Crippen molar-refractivity contribution in [3.63, 3.8) is 0 Å². The van der Waals surface area contributed by atoms with E-state index in [1.54, 1.807) is 6.92 Å². The Bertz CT molecular complexity index is 505. The van der Waals surface area contributed by atoms with E-state index in [-0.39, 0.29) is 36.5 Å². The maximum Gasteiger partial charge on any atom is 0.309 e. The molecular formula is C17H24O5. The maximum absolute atomic E-state index is 11.8. The van der Waals surface area contributed by atoms with Gasteiger partial charge in [-0.2, -0.15) is 0 Å². The predicted octanol–water partition coefficient (Wildman–Crippen LogP) is 2.14. The molecule has 1 aliphatic carbocycles. The molecule has 0 aromatic heterocycles. The van der Waals surface area contributed by atoms with Crippen LogP contribution in [0.5, 0.6) is 0 Å². The Balaban J connectivity index is 2.20. The Kier molecular flexibility index (Phi) is 5.40.